The number of amides is 2. The van der Waals surface area contributed by atoms with E-state index in [0.717, 1.165) is 5.56 Å². The fourth-order valence-electron chi connectivity index (χ4n) is 2.78. The lowest BCUT2D eigenvalue weighted by atomic mass is 10.0. The van der Waals surface area contributed by atoms with Gasteiger partial charge in [0, 0.05) is 11.3 Å². The Morgan fingerprint density at radius 3 is 2.54 bits per heavy atom. The number of aliphatic hydroxyl groups excluding tert-OH is 1. The lowest BCUT2D eigenvalue weighted by Gasteiger charge is -2.31. The largest absolute Gasteiger partial charge is 0.497 e. The van der Waals surface area contributed by atoms with Crippen molar-refractivity contribution in [1.82, 2.24) is 5.32 Å². The maximum Gasteiger partial charge on any atom is 0.255 e. The first-order valence-electron chi connectivity index (χ1n) is 8.18. The second kappa shape index (κ2) is 7.99. The summed E-state index contributed by atoms with van der Waals surface area (Å²) in [5, 5.41) is 14.9. The monoisotopic (exact) mass is 356 g/mol. The minimum absolute atomic E-state index is 0.0445. The highest BCUT2D eigenvalue weighted by molar-refractivity contribution is 6.04. The summed E-state index contributed by atoms with van der Waals surface area (Å²) in [6.07, 6.45) is -0.427. The van der Waals surface area contributed by atoms with Crippen molar-refractivity contribution in [3.8, 4) is 5.75 Å². The van der Waals surface area contributed by atoms with Gasteiger partial charge in [-0.1, -0.05) is 12.1 Å². The normalized spacial score (nSPS) is 19.5. The Kier molecular flexibility index (Phi) is 5.50. The van der Waals surface area contributed by atoms with E-state index >= 15 is 0 Å². The minimum Gasteiger partial charge on any atom is -0.497 e. The van der Waals surface area contributed by atoms with Crippen molar-refractivity contribution in [2.45, 2.75) is 12.1 Å². The van der Waals surface area contributed by atoms with Crippen LogP contribution >= 0.6 is 0 Å². The van der Waals surface area contributed by atoms with Crippen molar-refractivity contribution in [3.63, 3.8) is 0 Å². The highest BCUT2D eigenvalue weighted by Crippen LogP contribution is 2.25. The third-order valence-corrected chi connectivity index (χ3v) is 4.15. The Labute approximate surface area is 150 Å². The summed E-state index contributed by atoms with van der Waals surface area (Å²) in [5.74, 6) is 0.211. The average molecular weight is 356 g/mol. The lowest BCUT2D eigenvalue weighted by Crippen LogP contribution is -2.49. The van der Waals surface area contributed by atoms with Gasteiger partial charge in [0.1, 0.15) is 18.5 Å². The second-order valence-corrected chi connectivity index (χ2v) is 5.89. The maximum atomic E-state index is 12.3. The Bertz CT molecular complexity index is 774. The number of hydrogen-bond donors (Lipinski definition) is 3. The molecule has 0 bridgehead atoms. The van der Waals surface area contributed by atoms with Gasteiger partial charge in [0.2, 0.25) is 5.91 Å². The van der Waals surface area contributed by atoms with E-state index in [9.17, 15) is 14.7 Å². The molecule has 0 aliphatic carbocycles. The number of benzene rings is 2. The van der Waals surface area contributed by atoms with E-state index in [2.05, 4.69) is 10.6 Å². The van der Waals surface area contributed by atoms with E-state index in [0.29, 0.717) is 17.0 Å². The highest BCUT2D eigenvalue weighted by atomic mass is 16.5. The third kappa shape index (κ3) is 4.01. The SMILES string of the molecule is COc1ccc(C(=O)Nc2ccc(C3OCC(=O)NC3CO)cc2)cc1. The second-order valence-electron chi connectivity index (χ2n) is 5.89. The zero-order valence-corrected chi connectivity index (χ0v) is 14.3. The number of morpholine rings is 1. The molecule has 0 saturated carbocycles. The molecule has 0 aromatic heterocycles. The molecule has 1 heterocycles. The number of rotatable bonds is 5. The van der Waals surface area contributed by atoms with Crippen molar-refractivity contribution >= 4 is 17.5 Å². The van der Waals surface area contributed by atoms with Crippen molar-refractivity contribution in [3.05, 3.63) is 59.7 Å². The summed E-state index contributed by atoms with van der Waals surface area (Å²) in [7, 11) is 1.57. The molecule has 0 spiro atoms. The van der Waals surface area contributed by atoms with Gasteiger partial charge in [-0.25, -0.2) is 0 Å². The zero-order chi connectivity index (χ0) is 18.5. The molecule has 7 heteroatoms. The Morgan fingerprint density at radius 2 is 1.92 bits per heavy atom. The van der Waals surface area contributed by atoms with Crippen LogP contribution < -0.4 is 15.4 Å². The number of carbonyl (C=O) groups excluding carboxylic acids is 2. The molecule has 1 aliphatic heterocycles. The predicted octanol–water partition coefficient (Wildman–Crippen LogP) is 1.50. The first-order chi connectivity index (χ1) is 12.6. The van der Waals surface area contributed by atoms with Crippen molar-refractivity contribution in [2.75, 3.05) is 25.6 Å². The molecule has 2 aromatic carbocycles. The number of methoxy groups -OCH3 is 1. The summed E-state index contributed by atoms with van der Waals surface area (Å²) in [5.41, 5.74) is 1.97. The van der Waals surface area contributed by atoms with Gasteiger partial charge in [0.05, 0.1) is 19.8 Å². The van der Waals surface area contributed by atoms with Crippen LogP contribution in [0, 0.1) is 0 Å². The van der Waals surface area contributed by atoms with Crippen molar-refractivity contribution < 1.29 is 24.2 Å². The molecule has 1 saturated heterocycles. The molecule has 136 valence electrons. The molecule has 26 heavy (non-hydrogen) atoms. The number of aliphatic hydroxyl groups is 1. The van der Waals surface area contributed by atoms with Crippen LogP contribution in [0.15, 0.2) is 48.5 Å². The number of ether oxygens (including phenoxy) is 2. The third-order valence-electron chi connectivity index (χ3n) is 4.15. The molecule has 0 radical (unpaired) electrons. The van der Waals surface area contributed by atoms with Crippen LogP contribution in [0.1, 0.15) is 22.0 Å². The molecule has 3 rings (SSSR count). The Balaban J connectivity index is 1.67. The van der Waals surface area contributed by atoms with Gasteiger partial charge in [0.25, 0.3) is 5.91 Å². The minimum atomic E-state index is -0.490. The van der Waals surface area contributed by atoms with Crippen LogP contribution in [-0.2, 0) is 9.53 Å². The number of hydrogen-bond acceptors (Lipinski definition) is 5. The first-order valence-corrected chi connectivity index (χ1v) is 8.18. The van der Waals surface area contributed by atoms with E-state index < -0.39 is 12.1 Å². The van der Waals surface area contributed by atoms with Gasteiger partial charge in [-0.15, -0.1) is 0 Å². The maximum absolute atomic E-state index is 12.3. The van der Waals surface area contributed by atoms with E-state index in [1.54, 1.807) is 55.6 Å². The molecule has 1 aliphatic rings. The predicted molar refractivity (Wildman–Crippen MR) is 95.1 cm³/mol. The van der Waals surface area contributed by atoms with Crippen LogP contribution in [-0.4, -0.2) is 43.3 Å². The Hall–Kier alpha value is -2.90. The topological polar surface area (TPSA) is 96.9 Å². The molecule has 2 amide bonds. The fourth-order valence-corrected chi connectivity index (χ4v) is 2.78. The highest BCUT2D eigenvalue weighted by Gasteiger charge is 2.30. The molecule has 1 fully saturated rings. The first kappa shape index (κ1) is 17.9. The summed E-state index contributed by atoms with van der Waals surface area (Å²) < 4.78 is 10.6. The van der Waals surface area contributed by atoms with Gasteiger partial charge >= 0.3 is 0 Å². The standard InChI is InChI=1S/C19H20N2O5/c1-25-15-8-4-13(5-9-15)19(24)20-14-6-2-12(3-7-14)18-16(10-22)21-17(23)11-26-18/h2-9,16,18,22H,10-11H2,1H3,(H,20,24)(H,21,23). The number of carbonyl (C=O) groups is 2. The van der Waals surface area contributed by atoms with Gasteiger partial charge in [-0.2, -0.15) is 0 Å². The van der Waals surface area contributed by atoms with Crippen molar-refractivity contribution in [2.24, 2.45) is 0 Å². The van der Waals surface area contributed by atoms with Crippen molar-refractivity contribution in [1.29, 1.82) is 0 Å². The summed E-state index contributed by atoms with van der Waals surface area (Å²) >= 11 is 0. The molecular formula is C19H20N2O5. The Morgan fingerprint density at radius 1 is 1.23 bits per heavy atom. The van der Waals surface area contributed by atoms with E-state index in [-0.39, 0.29) is 25.0 Å². The van der Waals surface area contributed by atoms with Crippen LogP contribution in [0.2, 0.25) is 0 Å². The molecule has 3 N–H and O–H groups in total. The summed E-state index contributed by atoms with van der Waals surface area (Å²) in [4.78, 5) is 23.6. The number of anilines is 1. The zero-order valence-electron chi connectivity index (χ0n) is 14.3. The van der Waals surface area contributed by atoms with Gasteiger partial charge in [-0.05, 0) is 42.0 Å². The van der Waals surface area contributed by atoms with Gasteiger partial charge in [0.15, 0.2) is 0 Å². The van der Waals surface area contributed by atoms with Gasteiger partial charge < -0.3 is 25.2 Å². The van der Waals surface area contributed by atoms with Crippen LogP contribution in [0.5, 0.6) is 5.75 Å². The summed E-state index contributed by atoms with van der Waals surface area (Å²) in [6, 6.07) is 13.4. The molecule has 2 aromatic rings. The lowest BCUT2D eigenvalue weighted by molar-refractivity contribution is -0.138. The van der Waals surface area contributed by atoms with Crippen LogP contribution in [0.25, 0.3) is 0 Å². The van der Waals surface area contributed by atoms with E-state index in [4.69, 9.17) is 9.47 Å². The molecule has 2 atom stereocenters. The summed E-state index contributed by atoms with van der Waals surface area (Å²) in [6.45, 7) is -0.260. The fraction of sp³-hybridized carbons (Fsp3) is 0.263. The van der Waals surface area contributed by atoms with E-state index in [1.807, 2.05) is 0 Å². The molecule has 7 nitrogen and oxygen atoms in total. The van der Waals surface area contributed by atoms with Gasteiger partial charge in [-0.3, -0.25) is 9.59 Å². The molecule has 2 unspecified atom stereocenters. The number of nitrogens with one attached hydrogen (secondary N) is 2. The van der Waals surface area contributed by atoms with Crippen LogP contribution in [0.4, 0.5) is 5.69 Å². The quantitative estimate of drug-likeness (QED) is 0.754. The van der Waals surface area contributed by atoms with E-state index in [1.165, 1.54) is 0 Å². The van der Waals surface area contributed by atoms with Crippen LogP contribution in [0.3, 0.4) is 0 Å². The molecular weight excluding hydrogens is 336 g/mol. The smallest absolute Gasteiger partial charge is 0.255 e. The average Bonchev–Trinajstić information content (AvgIpc) is 2.68.